The number of morpholine rings is 1. The molecule has 2 heterocycles. The number of hydrogen-bond acceptors (Lipinski definition) is 4. The molecule has 0 saturated carbocycles. The molecule has 0 unspecified atom stereocenters. The molecule has 0 aliphatic carbocycles. The van der Waals surface area contributed by atoms with Crippen LogP contribution in [0.4, 0.5) is 5.69 Å². The van der Waals surface area contributed by atoms with Crippen molar-refractivity contribution in [3.05, 3.63) is 65.2 Å². The fraction of sp³-hybridized carbons (Fsp3) is 0.500. The second-order valence-corrected chi connectivity index (χ2v) is 9.07. The van der Waals surface area contributed by atoms with Gasteiger partial charge in [0.2, 0.25) is 0 Å². The zero-order chi connectivity index (χ0) is 21.6. The fourth-order valence-electron chi connectivity index (χ4n) is 4.54. The van der Waals surface area contributed by atoms with Gasteiger partial charge in [-0.1, -0.05) is 31.2 Å². The van der Waals surface area contributed by atoms with Gasteiger partial charge in [-0.3, -0.25) is 9.69 Å². The van der Waals surface area contributed by atoms with Gasteiger partial charge in [-0.05, 0) is 61.1 Å². The zero-order valence-electron chi connectivity index (χ0n) is 18.8. The van der Waals surface area contributed by atoms with Crippen molar-refractivity contribution in [1.82, 2.24) is 10.2 Å². The van der Waals surface area contributed by atoms with E-state index in [9.17, 15) is 4.79 Å². The number of benzene rings is 2. The normalized spacial score (nSPS) is 21.0. The summed E-state index contributed by atoms with van der Waals surface area (Å²) in [5, 5.41) is 3.14. The van der Waals surface area contributed by atoms with Gasteiger partial charge in [-0.2, -0.15) is 0 Å². The first-order chi connectivity index (χ1) is 15.1. The van der Waals surface area contributed by atoms with E-state index >= 15 is 0 Å². The molecule has 2 aromatic carbocycles. The maximum Gasteiger partial charge on any atom is 0.251 e. The molecule has 31 heavy (non-hydrogen) atoms. The molecule has 2 aliphatic rings. The molecule has 5 heteroatoms. The van der Waals surface area contributed by atoms with Crippen LogP contribution in [0.3, 0.4) is 0 Å². The molecule has 4 rings (SSSR count). The minimum absolute atomic E-state index is 0.0284. The Morgan fingerprint density at radius 1 is 1.06 bits per heavy atom. The summed E-state index contributed by atoms with van der Waals surface area (Å²) in [7, 11) is 0. The molecule has 1 N–H and O–H groups in total. The molecule has 0 radical (unpaired) electrons. The van der Waals surface area contributed by atoms with Crippen LogP contribution in [0, 0.1) is 5.92 Å². The largest absolute Gasteiger partial charge is 0.379 e. The van der Waals surface area contributed by atoms with Crippen molar-refractivity contribution >= 4 is 11.6 Å². The predicted octanol–water partition coefficient (Wildman–Crippen LogP) is 4.25. The van der Waals surface area contributed by atoms with Crippen LogP contribution in [-0.2, 0) is 11.3 Å². The molecule has 0 spiro atoms. The van der Waals surface area contributed by atoms with Crippen LogP contribution < -0.4 is 10.2 Å². The Balaban J connectivity index is 1.31. The van der Waals surface area contributed by atoms with Crippen molar-refractivity contribution in [3.63, 3.8) is 0 Å². The van der Waals surface area contributed by atoms with E-state index in [1.165, 1.54) is 24.1 Å². The summed E-state index contributed by atoms with van der Waals surface area (Å²) in [4.78, 5) is 17.6. The molecule has 0 aromatic heterocycles. The van der Waals surface area contributed by atoms with Crippen LogP contribution in [0.1, 0.15) is 54.2 Å². The maximum atomic E-state index is 12.7. The third-order valence-corrected chi connectivity index (χ3v) is 6.49. The van der Waals surface area contributed by atoms with Crippen molar-refractivity contribution < 1.29 is 9.53 Å². The van der Waals surface area contributed by atoms with E-state index in [1.807, 2.05) is 19.1 Å². The highest BCUT2D eigenvalue weighted by Crippen LogP contribution is 2.24. The van der Waals surface area contributed by atoms with Gasteiger partial charge < -0.3 is 15.0 Å². The SMILES string of the molecule is C[C@@H]1CCCN(c2ccc([C@H](C)NC(=O)c3ccc(CN4CCOCC4)cc3)cc2)C1. The first-order valence-corrected chi connectivity index (χ1v) is 11.6. The lowest BCUT2D eigenvalue weighted by atomic mass is 9.99. The molecule has 2 saturated heterocycles. The van der Waals surface area contributed by atoms with Gasteiger partial charge in [0, 0.05) is 44.0 Å². The number of carbonyl (C=O) groups is 1. The number of piperidine rings is 1. The standard InChI is InChI=1S/C26H35N3O2/c1-20-4-3-13-29(18-20)25-11-9-23(10-12-25)21(2)27-26(30)24-7-5-22(6-8-24)19-28-14-16-31-17-15-28/h5-12,20-21H,3-4,13-19H2,1-2H3,(H,27,30)/t20-,21+/m1/s1. The van der Waals surface area contributed by atoms with E-state index in [-0.39, 0.29) is 11.9 Å². The molecule has 5 nitrogen and oxygen atoms in total. The van der Waals surface area contributed by atoms with E-state index in [0.717, 1.165) is 57.4 Å². The minimum Gasteiger partial charge on any atom is -0.379 e. The van der Waals surface area contributed by atoms with Gasteiger partial charge in [0.15, 0.2) is 0 Å². The highest BCUT2D eigenvalue weighted by Gasteiger charge is 2.17. The second-order valence-electron chi connectivity index (χ2n) is 9.07. The maximum absolute atomic E-state index is 12.7. The van der Waals surface area contributed by atoms with Crippen LogP contribution in [0.5, 0.6) is 0 Å². The molecule has 0 bridgehead atoms. The highest BCUT2D eigenvalue weighted by atomic mass is 16.5. The van der Waals surface area contributed by atoms with Crippen LogP contribution in [0.2, 0.25) is 0 Å². The van der Waals surface area contributed by atoms with Crippen molar-refractivity contribution in [1.29, 1.82) is 0 Å². The van der Waals surface area contributed by atoms with Crippen molar-refractivity contribution in [3.8, 4) is 0 Å². The molecule has 2 aliphatic heterocycles. The average Bonchev–Trinajstić information content (AvgIpc) is 2.80. The molecule has 2 atom stereocenters. The molecule has 2 fully saturated rings. The monoisotopic (exact) mass is 421 g/mol. The Morgan fingerprint density at radius 3 is 2.45 bits per heavy atom. The fourth-order valence-corrected chi connectivity index (χ4v) is 4.54. The number of hydrogen-bond donors (Lipinski definition) is 1. The Kier molecular flexibility index (Phi) is 7.25. The number of rotatable bonds is 6. The Bertz CT molecular complexity index is 844. The van der Waals surface area contributed by atoms with Crippen LogP contribution in [0.15, 0.2) is 48.5 Å². The predicted molar refractivity (Wildman–Crippen MR) is 125 cm³/mol. The molecular weight excluding hydrogens is 386 g/mol. The summed E-state index contributed by atoms with van der Waals surface area (Å²) >= 11 is 0. The first-order valence-electron chi connectivity index (χ1n) is 11.6. The number of nitrogens with one attached hydrogen (secondary N) is 1. The minimum atomic E-state index is -0.0325. The Morgan fingerprint density at radius 2 is 1.77 bits per heavy atom. The van der Waals surface area contributed by atoms with Crippen LogP contribution in [-0.4, -0.2) is 50.2 Å². The first kappa shape index (κ1) is 21.8. The third-order valence-electron chi connectivity index (χ3n) is 6.49. The smallest absolute Gasteiger partial charge is 0.251 e. The summed E-state index contributed by atoms with van der Waals surface area (Å²) in [5.41, 5.74) is 4.35. The lowest BCUT2D eigenvalue weighted by molar-refractivity contribution is 0.0342. The van der Waals surface area contributed by atoms with Gasteiger partial charge >= 0.3 is 0 Å². The number of anilines is 1. The van der Waals surface area contributed by atoms with E-state index in [1.54, 1.807) is 0 Å². The van der Waals surface area contributed by atoms with Crippen molar-refractivity contribution in [2.45, 2.75) is 39.3 Å². The second kappa shape index (κ2) is 10.3. The zero-order valence-corrected chi connectivity index (χ0v) is 18.8. The van der Waals surface area contributed by atoms with E-state index in [0.29, 0.717) is 5.56 Å². The van der Waals surface area contributed by atoms with E-state index in [2.05, 4.69) is 58.4 Å². The Labute approximate surface area is 186 Å². The average molecular weight is 422 g/mol. The molecular formula is C26H35N3O2. The van der Waals surface area contributed by atoms with Gasteiger partial charge in [-0.15, -0.1) is 0 Å². The Hall–Kier alpha value is -2.37. The van der Waals surface area contributed by atoms with Crippen molar-refractivity contribution in [2.24, 2.45) is 5.92 Å². The van der Waals surface area contributed by atoms with Gasteiger partial charge in [0.05, 0.1) is 19.3 Å². The summed E-state index contributed by atoms with van der Waals surface area (Å²) < 4.78 is 5.41. The summed E-state index contributed by atoms with van der Waals surface area (Å²) in [6.07, 6.45) is 2.59. The van der Waals surface area contributed by atoms with Gasteiger partial charge in [0.1, 0.15) is 0 Å². The summed E-state index contributed by atoms with van der Waals surface area (Å²) in [6, 6.07) is 16.6. The van der Waals surface area contributed by atoms with E-state index < -0.39 is 0 Å². The highest BCUT2D eigenvalue weighted by molar-refractivity contribution is 5.94. The lowest BCUT2D eigenvalue weighted by Gasteiger charge is -2.33. The molecule has 2 aromatic rings. The quantitative estimate of drug-likeness (QED) is 0.758. The molecule has 166 valence electrons. The lowest BCUT2D eigenvalue weighted by Crippen LogP contribution is -2.35. The molecule has 1 amide bonds. The number of nitrogens with zero attached hydrogens (tertiary/aromatic N) is 2. The number of carbonyl (C=O) groups excluding carboxylic acids is 1. The van der Waals surface area contributed by atoms with Crippen LogP contribution in [0.25, 0.3) is 0 Å². The summed E-state index contributed by atoms with van der Waals surface area (Å²) in [5.74, 6) is 0.728. The van der Waals surface area contributed by atoms with Crippen molar-refractivity contribution in [2.75, 3.05) is 44.3 Å². The topological polar surface area (TPSA) is 44.8 Å². The number of ether oxygens (including phenoxy) is 1. The van der Waals surface area contributed by atoms with Crippen LogP contribution >= 0.6 is 0 Å². The van der Waals surface area contributed by atoms with E-state index in [4.69, 9.17) is 4.74 Å². The number of amides is 1. The third kappa shape index (κ3) is 5.86. The summed E-state index contributed by atoms with van der Waals surface area (Å²) in [6.45, 7) is 11.1. The van der Waals surface area contributed by atoms with Gasteiger partial charge in [0.25, 0.3) is 5.91 Å². The van der Waals surface area contributed by atoms with Gasteiger partial charge in [-0.25, -0.2) is 0 Å².